The van der Waals surface area contributed by atoms with Gasteiger partial charge in [-0.15, -0.1) is 7.92 Å². The molecular weight excluding hydrogens is 477 g/mol. The van der Waals surface area contributed by atoms with Gasteiger partial charge in [-0.25, -0.2) is 0 Å². The van der Waals surface area contributed by atoms with E-state index in [9.17, 15) is 0 Å². The zero-order valence-electron chi connectivity index (χ0n) is 21.2. The molecule has 4 rings (SSSR count). The van der Waals surface area contributed by atoms with Crippen molar-refractivity contribution in [2.75, 3.05) is 24.6 Å². The molecule has 4 aromatic rings. The fourth-order valence-electron chi connectivity index (χ4n) is 4.47. The van der Waals surface area contributed by atoms with Gasteiger partial charge < -0.3 is 0 Å². The molecule has 0 aliphatic carbocycles. The minimum atomic E-state index is -0.323. The van der Waals surface area contributed by atoms with Crippen LogP contribution >= 0.6 is 23.8 Å². The van der Waals surface area contributed by atoms with Crippen molar-refractivity contribution in [3.63, 3.8) is 0 Å². The van der Waals surface area contributed by atoms with Crippen LogP contribution in [0.25, 0.3) is 0 Å². The quantitative estimate of drug-likeness (QED) is 0.192. The first-order valence-corrected chi connectivity index (χ1v) is 17.3. The van der Waals surface area contributed by atoms with Crippen molar-refractivity contribution in [2.45, 2.75) is 25.9 Å². The Labute approximate surface area is 216 Å². The van der Waals surface area contributed by atoms with Gasteiger partial charge in [0.2, 0.25) is 0 Å². The lowest BCUT2D eigenvalue weighted by molar-refractivity contribution is 0.780. The van der Waals surface area contributed by atoms with Crippen molar-refractivity contribution >= 4 is 45.0 Å². The summed E-state index contributed by atoms with van der Waals surface area (Å²) in [7, 11) is -0.741. The van der Waals surface area contributed by atoms with Crippen LogP contribution < -0.4 is 21.2 Å². The fourth-order valence-corrected chi connectivity index (χ4v) is 13.3. The van der Waals surface area contributed by atoms with Crippen LogP contribution in [0.15, 0.2) is 121 Å². The lowest BCUT2D eigenvalue weighted by Crippen LogP contribution is -2.22. The maximum Gasteiger partial charge on any atom is -0.0179 e. The molecule has 0 N–H and O–H groups in total. The maximum atomic E-state index is 2.47. The number of hydrogen-bond donors (Lipinski definition) is 0. The van der Waals surface area contributed by atoms with Gasteiger partial charge >= 0.3 is 0 Å². The molecule has 0 heterocycles. The third-order valence-electron chi connectivity index (χ3n) is 6.41. The van der Waals surface area contributed by atoms with Crippen LogP contribution in [0, 0.1) is 0 Å². The van der Waals surface area contributed by atoms with Gasteiger partial charge in [-0.3, -0.25) is 0 Å². The van der Waals surface area contributed by atoms with Crippen molar-refractivity contribution in [1.82, 2.24) is 0 Å². The second-order valence-corrected chi connectivity index (χ2v) is 17.8. The van der Waals surface area contributed by atoms with Gasteiger partial charge in [0.15, 0.2) is 0 Å². The molecule has 0 aromatic heterocycles. The molecule has 0 amide bonds. The average Bonchev–Trinajstić information content (AvgIpc) is 2.89. The highest BCUT2D eigenvalue weighted by Gasteiger charge is 2.27. The monoisotopic (exact) mass is 514 g/mol. The molecule has 180 valence electrons. The molecule has 0 saturated carbocycles. The lowest BCUT2D eigenvalue weighted by Gasteiger charge is -2.34. The molecule has 0 bridgehead atoms. The van der Waals surface area contributed by atoms with E-state index in [1.807, 2.05) is 0 Å². The molecule has 0 spiro atoms. The highest BCUT2D eigenvalue weighted by molar-refractivity contribution is 7.75. The van der Waals surface area contributed by atoms with E-state index in [4.69, 9.17) is 0 Å². The number of hydrogen-bond acceptors (Lipinski definition) is 0. The van der Waals surface area contributed by atoms with Gasteiger partial charge in [0.1, 0.15) is 0 Å². The first-order chi connectivity index (χ1) is 17.0. The van der Waals surface area contributed by atoms with Crippen molar-refractivity contribution in [3.8, 4) is 0 Å². The Morgan fingerprint density at radius 3 is 0.886 bits per heavy atom. The maximum absolute atomic E-state index is 2.47. The van der Waals surface area contributed by atoms with E-state index < -0.39 is 0 Å². The summed E-state index contributed by atoms with van der Waals surface area (Å²) in [6.07, 6.45) is 5.23. The van der Waals surface area contributed by atoms with Crippen molar-refractivity contribution < 1.29 is 0 Å². The molecule has 0 fully saturated rings. The molecule has 0 aliphatic rings. The Hall–Kier alpha value is -1.83. The average molecular weight is 515 g/mol. The van der Waals surface area contributed by atoms with Gasteiger partial charge in [-0.2, -0.15) is 0 Å². The van der Waals surface area contributed by atoms with Crippen molar-refractivity contribution in [2.24, 2.45) is 0 Å². The SMILES string of the molecule is CC(C)(C)P(CCP(c1ccccc1)c1ccccc1)CCP(c1ccccc1)c1ccccc1. The summed E-state index contributed by atoms with van der Waals surface area (Å²) in [6.45, 7) is 7.41. The van der Waals surface area contributed by atoms with Gasteiger partial charge in [0, 0.05) is 0 Å². The Bertz CT molecular complexity index is 957. The predicted molar refractivity (Wildman–Crippen MR) is 164 cm³/mol. The number of rotatable bonds is 10. The third kappa shape index (κ3) is 7.58. The zero-order valence-corrected chi connectivity index (χ0v) is 23.9. The molecule has 0 aliphatic heterocycles. The minimum absolute atomic E-state index is 0.0958. The molecule has 0 nitrogen and oxygen atoms in total. The fraction of sp³-hybridized carbons (Fsp3) is 0.250. The van der Waals surface area contributed by atoms with E-state index >= 15 is 0 Å². The van der Waals surface area contributed by atoms with Gasteiger partial charge in [0.25, 0.3) is 0 Å². The highest BCUT2D eigenvalue weighted by atomic mass is 31.1. The van der Waals surface area contributed by atoms with E-state index in [1.54, 1.807) is 0 Å². The van der Waals surface area contributed by atoms with Crippen LogP contribution in [0.2, 0.25) is 0 Å². The van der Waals surface area contributed by atoms with Crippen molar-refractivity contribution in [3.05, 3.63) is 121 Å². The standard InChI is InChI=1S/C32H37P3/c1-32(2,3)33(24-26-34(28-16-8-4-9-17-28)29-18-10-5-11-19-29)25-27-35(30-20-12-6-13-21-30)31-22-14-7-15-23-31/h4-23H,24-27H2,1-3H3. The Balaban J connectivity index is 1.53. The van der Waals surface area contributed by atoms with Crippen LogP contribution in [0.3, 0.4) is 0 Å². The Morgan fingerprint density at radius 2 is 0.657 bits per heavy atom. The van der Waals surface area contributed by atoms with Crippen LogP contribution in [0.5, 0.6) is 0 Å². The van der Waals surface area contributed by atoms with E-state index in [0.29, 0.717) is 5.16 Å². The molecule has 4 aromatic carbocycles. The van der Waals surface area contributed by atoms with Crippen molar-refractivity contribution in [1.29, 1.82) is 0 Å². The Kier molecular flexibility index (Phi) is 9.69. The van der Waals surface area contributed by atoms with Crippen LogP contribution in [0.4, 0.5) is 0 Å². The summed E-state index contributed by atoms with van der Waals surface area (Å²) in [5.41, 5.74) is 0. The van der Waals surface area contributed by atoms with Crippen LogP contribution in [0.1, 0.15) is 20.8 Å². The third-order valence-corrected chi connectivity index (χ3v) is 15.6. The Morgan fingerprint density at radius 1 is 0.400 bits per heavy atom. The molecule has 35 heavy (non-hydrogen) atoms. The molecule has 0 atom stereocenters. The van der Waals surface area contributed by atoms with Gasteiger partial charge in [-0.05, 0) is 66.9 Å². The second kappa shape index (κ2) is 12.9. The van der Waals surface area contributed by atoms with E-state index in [-0.39, 0.29) is 23.8 Å². The second-order valence-electron chi connectivity index (χ2n) is 9.80. The van der Waals surface area contributed by atoms with Crippen LogP contribution in [-0.2, 0) is 0 Å². The largest absolute Gasteiger partial charge is 0.100 e. The summed E-state index contributed by atoms with van der Waals surface area (Å²) in [5.74, 6) is 0. The summed E-state index contributed by atoms with van der Waals surface area (Å²) < 4.78 is 0. The molecule has 0 saturated heterocycles. The molecule has 0 radical (unpaired) electrons. The number of benzene rings is 4. The predicted octanol–water partition coefficient (Wildman–Crippen LogP) is 7.53. The minimum Gasteiger partial charge on any atom is -0.100 e. The van der Waals surface area contributed by atoms with Crippen LogP contribution in [-0.4, -0.2) is 29.8 Å². The van der Waals surface area contributed by atoms with E-state index in [2.05, 4.69) is 142 Å². The summed E-state index contributed by atoms with van der Waals surface area (Å²) in [6, 6.07) is 44.8. The van der Waals surface area contributed by atoms with E-state index in [1.165, 1.54) is 45.9 Å². The topological polar surface area (TPSA) is 0 Å². The molecular formula is C32H37P3. The lowest BCUT2D eigenvalue weighted by atomic mass is 10.3. The zero-order chi connectivity index (χ0) is 24.5. The molecule has 0 unspecified atom stereocenters. The highest BCUT2D eigenvalue weighted by Crippen LogP contribution is 2.53. The normalized spacial score (nSPS) is 11.9. The first kappa shape index (κ1) is 26.2. The molecule has 3 heteroatoms. The smallest absolute Gasteiger partial charge is 0.0179 e. The summed E-state index contributed by atoms with van der Waals surface area (Å²) in [4.78, 5) is 0. The first-order valence-electron chi connectivity index (χ1n) is 12.5. The van der Waals surface area contributed by atoms with E-state index in [0.717, 1.165) is 0 Å². The van der Waals surface area contributed by atoms with Gasteiger partial charge in [-0.1, -0.05) is 142 Å². The summed E-state index contributed by atoms with van der Waals surface area (Å²) >= 11 is 0. The van der Waals surface area contributed by atoms with Gasteiger partial charge in [0.05, 0.1) is 0 Å². The summed E-state index contributed by atoms with van der Waals surface area (Å²) in [5, 5.41) is 6.39.